The third kappa shape index (κ3) is 25.1. The van der Waals surface area contributed by atoms with Crippen LogP contribution in [0.25, 0.3) is 0 Å². The third-order valence-corrected chi connectivity index (χ3v) is 13.2. The molecule has 1 fully saturated rings. The second-order valence-electron chi connectivity index (χ2n) is 21.8. The second-order valence-corrected chi connectivity index (χ2v) is 22.8. The molecular formula is C51H88N10O16S. The summed E-state index contributed by atoms with van der Waals surface area (Å²) in [6, 6.07) is -13.7. The van der Waals surface area contributed by atoms with Crippen LogP contribution in [0, 0.1) is 29.6 Å². The number of hydrogen-bond acceptors (Lipinski definition) is 15. The summed E-state index contributed by atoms with van der Waals surface area (Å²) in [6.07, 6.45) is 0.545. The van der Waals surface area contributed by atoms with Crippen molar-refractivity contribution in [2.75, 3.05) is 25.2 Å². The van der Waals surface area contributed by atoms with E-state index in [2.05, 4.69) is 42.5 Å². The van der Waals surface area contributed by atoms with E-state index < -0.39 is 157 Å². The van der Waals surface area contributed by atoms with E-state index in [1.165, 1.54) is 16.7 Å². The van der Waals surface area contributed by atoms with Crippen LogP contribution in [0.15, 0.2) is 0 Å². The van der Waals surface area contributed by atoms with E-state index in [9.17, 15) is 78.0 Å². The van der Waals surface area contributed by atoms with Crippen molar-refractivity contribution in [3.8, 4) is 0 Å². The minimum absolute atomic E-state index is 0.00560. The minimum atomic E-state index is -1.89. The van der Waals surface area contributed by atoms with E-state index >= 15 is 0 Å². The van der Waals surface area contributed by atoms with E-state index in [0.29, 0.717) is 18.6 Å². The van der Waals surface area contributed by atoms with Gasteiger partial charge in [0.15, 0.2) is 0 Å². The number of thioether (sulfide) groups is 1. The summed E-state index contributed by atoms with van der Waals surface area (Å²) in [5, 5.41) is 58.9. The van der Waals surface area contributed by atoms with Crippen molar-refractivity contribution in [2.24, 2.45) is 35.3 Å². The van der Waals surface area contributed by atoms with E-state index in [1.807, 2.05) is 0 Å². The first kappa shape index (κ1) is 69.9. The molecule has 14 N–H and O–H groups in total. The Kier molecular flexibility index (Phi) is 31.1. The van der Waals surface area contributed by atoms with Crippen LogP contribution < -0.4 is 48.3 Å². The van der Waals surface area contributed by atoms with Gasteiger partial charge in [0.25, 0.3) is 0 Å². The molecule has 1 saturated heterocycles. The molecule has 10 atom stereocenters. The van der Waals surface area contributed by atoms with Crippen LogP contribution in [0.2, 0.25) is 0 Å². The van der Waals surface area contributed by atoms with Gasteiger partial charge in [-0.2, -0.15) is 11.8 Å². The fourth-order valence-electron chi connectivity index (χ4n) is 8.37. The van der Waals surface area contributed by atoms with Crippen LogP contribution in [0.4, 0.5) is 0 Å². The first-order valence-electron chi connectivity index (χ1n) is 26.6. The molecule has 0 radical (unpaired) electrons. The summed E-state index contributed by atoms with van der Waals surface area (Å²) in [5.41, 5.74) is 6.10. The number of nitrogens with zero attached hydrogens (tertiary/aromatic N) is 1. The molecule has 0 bridgehead atoms. The van der Waals surface area contributed by atoms with Crippen LogP contribution in [0.1, 0.15) is 133 Å². The maximum Gasteiger partial charge on any atom is 0.326 e. The standard InChI is InChI=1S/C51H88N10O16S/c1-25(2)19-32(43(68)53-30(14-15-39(63)64)42(67)54-31(51(76)77)16-18-78-11)55-44(69)33(20-26(3)4)56-45(70)34(21-27(5)6)57-47(72)36(23-40(65)66)58-48(73)37(24-62)60-46(71)35(22-28(7)8)59-49(74)38-13-12-17-61(38)50(75)41(52)29(9)10/h25-38,41,62H,12-24,52H2,1-11H3,(H,53,68)(H,54,67)(H,55,69)(H,56,70)(H,57,72)(H,58,73)(H,59,74)(H,60,71)(H,63,64)(H,65,66)(H,76,77)/t30-,31-,32-,33-,34-,35-,36-,37-,38-,41-/m0/s1. The lowest BCUT2D eigenvalue weighted by atomic mass is 9.98. The number of rotatable bonds is 36. The number of carbonyl (C=O) groups excluding carboxylic acids is 9. The number of carbonyl (C=O) groups is 12. The van der Waals surface area contributed by atoms with Gasteiger partial charge in [0.2, 0.25) is 53.2 Å². The van der Waals surface area contributed by atoms with Gasteiger partial charge in [-0.05, 0) is 93.0 Å². The molecule has 27 heteroatoms. The zero-order chi connectivity index (χ0) is 59.7. The topological polar surface area (TPSA) is 411 Å². The highest BCUT2D eigenvalue weighted by atomic mass is 32.2. The monoisotopic (exact) mass is 1130 g/mol. The Morgan fingerprint density at radius 1 is 0.513 bits per heavy atom. The number of nitrogens with two attached hydrogens (primary N) is 1. The van der Waals surface area contributed by atoms with Crippen molar-refractivity contribution in [3.63, 3.8) is 0 Å². The van der Waals surface area contributed by atoms with Crippen molar-refractivity contribution < 1.29 is 78.0 Å². The number of hydrogen-bond donors (Lipinski definition) is 13. The molecule has 0 saturated carbocycles. The van der Waals surface area contributed by atoms with Gasteiger partial charge in [0.05, 0.1) is 19.1 Å². The Morgan fingerprint density at radius 3 is 1.27 bits per heavy atom. The van der Waals surface area contributed by atoms with Crippen LogP contribution in [0.5, 0.6) is 0 Å². The molecule has 0 aliphatic carbocycles. The predicted molar refractivity (Wildman–Crippen MR) is 288 cm³/mol. The summed E-state index contributed by atoms with van der Waals surface area (Å²) < 4.78 is 0. The van der Waals surface area contributed by atoms with Crippen LogP contribution in [-0.2, 0) is 57.5 Å². The van der Waals surface area contributed by atoms with Crippen molar-refractivity contribution in [2.45, 2.75) is 194 Å². The molecular weight excluding hydrogens is 1040 g/mol. The van der Waals surface area contributed by atoms with E-state index in [1.54, 1.807) is 75.5 Å². The average Bonchev–Trinajstić information content (AvgIpc) is 3.83. The summed E-state index contributed by atoms with van der Waals surface area (Å²) in [6.45, 7) is 16.7. The molecule has 444 valence electrons. The smallest absolute Gasteiger partial charge is 0.326 e. The van der Waals surface area contributed by atoms with Gasteiger partial charge in [-0.15, -0.1) is 0 Å². The van der Waals surface area contributed by atoms with Crippen molar-refractivity contribution in [1.29, 1.82) is 0 Å². The summed E-state index contributed by atoms with van der Waals surface area (Å²) in [7, 11) is 0. The highest BCUT2D eigenvalue weighted by molar-refractivity contribution is 7.98. The quantitative estimate of drug-likeness (QED) is 0.0365. The van der Waals surface area contributed by atoms with Crippen molar-refractivity contribution >= 4 is 82.8 Å². The molecule has 9 amide bonds. The van der Waals surface area contributed by atoms with Gasteiger partial charge in [-0.3, -0.25) is 52.7 Å². The van der Waals surface area contributed by atoms with Crippen LogP contribution >= 0.6 is 11.8 Å². The predicted octanol–water partition coefficient (Wildman–Crippen LogP) is -0.807. The minimum Gasteiger partial charge on any atom is -0.481 e. The van der Waals surface area contributed by atoms with Crippen LogP contribution in [0.3, 0.4) is 0 Å². The normalized spacial score (nSPS) is 16.9. The van der Waals surface area contributed by atoms with E-state index in [4.69, 9.17) is 5.73 Å². The Bertz CT molecular complexity index is 2080. The highest BCUT2D eigenvalue weighted by Crippen LogP contribution is 2.21. The number of aliphatic hydroxyl groups excluding tert-OH is 1. The Balaban J connectivity index is 3.41. The lowest BCUT2D eigenvalue weighted by molar-refractivity contribution is -0.143. The largest absolute Gasteiger partial charge is 0.481 e. The van der Waals surface area contributed by atoms with Gasteiger partial charge >= 0.3 is 17.9 Å². The first-order valence-corrected chi connectivity index (χ1v) is 28.0. The maximum absolute atomic E-state index is 14.1. The number of aliphatic carboxylic acids is 3. The fourth-order valence-corrected chi connectivity index (χ4v) is 8.84. The van der Waals surface area contributed by atoms with E-state index in [0.717, 1.165) is 0 Å². The zero-order valence-corrected chi connectivity index (χ0v) is 47.8. The molecule has 1 aliphatic rings. The molecule has 78 heavy (non-hydrogen) atoms. The van der Waals surface area contributed by atoms with Gasteiger partial charge in [0.1, 0.15) is 54.4 Å². The molecule has 1 aliphatic heterocycles. The molecule has 0 aromatic heterocycles. The van der Waals surface area contributed by atoms with Crippen molar-refractivity contribution in [1.82, 2.24) is 47.4 Å². The number of carboxylic acids is 3. The summed E-state index contributed by atoms with van der Waals surface area (Å²) in [4.78, 5) is 160. The number of nitrogens with one attached hydrogen (secondary N) is 8. The lowest BCUT2D eigenvalue weighted by Gasteiger charge is -2.30. The third-order valence-electron chi connectivity index (χ3n) is 12.5. The lowest BCUT2D eigenvalue weighted by Crippen LogP contribution is -2.61. The number of amides is 9. The molecule has 26 nitrogen and oxygen atoms in total. The number of likely N-dealkylation sites (tertiary alicyclic amines) is 1. The zero-order valence-electron chi connectivity index (χ0n) is 47.0. The Labute approximate surface area is 461 Å². The summed E-state index contributed by atoms with van der Waals surface area (Å²) in [5.74, 6) is -13.0. The highest BCUT2D eigenvalue weighted by Gasteiger charge is 2.40. The number of carboxylic acid groups (broad SMARTS) is 3. The number of aliphatic hydroxyl groups is 1. The fraction of sp³-hybridized carbons (Fsp3) is 0.765. The molecule has 0 aromatic rings. The molecule has 0 aromatic carbocycles. The summed E-state index contributed by atoms with van der Waals surface area (Å²) >= 11 is 1.34. The molecule has 0 spiro atoms. The van der Waals surface area contributed by atoms with Crippen molar-refractivity contribution in [3.05, 3.63) is 0 Å². The Hall–Kier alpha value is -6.09. The first-order chi connectivity index (χ1) is 36.3. The maximum atomic E-state index is 14.1. The van der Waals surface area contributed by atoms with Gasteiger partial charge in [-0.1, -0.05) is 69.2 Å². The molecule has 1 heterocycles. The SMILES string of the molecule is CSCC[C@H](NC(=O)[C@H](CCC(=O)O)NC(=O)[C@H](CC(C)C)NC(=O)[C@H](CC(C)C)NC(=O)[C@H](CC(C)C)NC(=O)[C@H](CC(=O)O)NC(=O)[C@H](CO)NC(=O)[C@H](CC(C)C)NC(=O)[C@@H]1CCCN1C(=O)[C@@H](N)C(C)C)C(=O)O. The molecule has 1 rings (SSSR count). The molecule has 0 unspecified atom stereocenters. The van der Waals surface area contributed by atoms with Crippen LogP contribution in [-0.4, -0.2) is 182 Å². The van der Waals surface area contributed by atoms with Gasteiger partial charge in [0, 0.05) is 13.0 Å². The van der Waals surface area contributed by atoms with Gasteiger partial charge in [-0.25, -0.2) is 4.79 Å². The Morgan fingerprint density at radius 2 is 0.885 bits per heavy atom. The second kappa shape index (κ2) is 34.7. The van der Waals surface area contributed by atoms with E-state index in [-0.39, 0.29) is 68.2 Å². The average molecular weight is 1130 g/mol. The van der Waals surface area contributed by atoms with Gasteiger partial charge < -0.3 is 73.6 Å².